The second kappa shape index (κ2) is 6.90. The fourth-order valence-electron chi connectivity index (χ4n) is 2.31. The highest BCUT2D eigenvalue weighted by molar-refractivity contribution is 7.89. The van der Waals surface area contributed by atoms with Crippen molar-refractivity contribution in [1.29, 1.82) is 0 Å². The Morgan fingerprint density at radius 3 is 2.38 bits per heavy atom. The van der Waals surface area contributed by atoms with Crippen LogP contribution in [0, 0.1) is 12.3 Å². The Balaban J connectivity index is 3.14. The van der Waals surface area contributed by atoms with Crippen LogP contribution in [-0.4, -0.2) is 32.9 Å². The molecule has 1 aromatic carbocycles. The van der Waals surface area contributed by atoms with Crippen molar-refractivity contribution in [2.45, 2.75) is 46.1 Å². The highest BCUT2D eigenvalue weighted by Crippen LogP contribution is 2.24. The molecule has 0 radical (unpaired) electrons. The number of benzene rings is 1. The van der Waals surface area contributed by atoms with Gasteiger partial charge in [0.25, 0.3) is 0 Å². The fourth-order valence-corrected chi connectivity index (χ4v) is 3.97. The predicted molar refractivity (Wildman–Crippen MR) is 87.8 cm³/mol. The van der Waals surface area contributed by atoms with Gasteiger partial charge in [-0.25, -0.2) is 12.7 Å². The summed E-state index contributed by atoms with van der Waals surface area (Å²) in [4.78, 5) is 0.407. The van der Waals surface area contributed by atoms with E-state index in [-0.39, 0.29) is 5.41 Å². The number of hydrogen-bond donors (Lipinski definition) is 1. The van der Waals surface area contributed by atoms with Crippen LogP contribution in [0.5, 0.6) is 0 Å². The molecule has 0 aliphatic heterocycles. The lowest BCUT2D eigenvalue weighted by Gasteiger charge is -2.27. The van der Waals surface area contributed by atoms with Gasteiger partial charge in [-0.05, 0) is 36.1 Å². The monoisotopic (exact) mass is 312 g/mol. The van der Waals surface area contributed by atoms with Gasteiger partial charge in [0.15, 0.2) is 0 Å². The Bertz CT molecular complexity index is 574. The summed E-state index contributed by atoms with van der Waals surface area (Å²) in [5, 5.41) is 3.24. The molecule has 120 valence electrons. The van der Waals surface area contributed by atoms with E-state index in [1.807, 2.05) is 46.8 Å². The minimum atomic E-state index is -3.44. The third kappa shape index (κ3) is 4.80. The van der Waals surface area contributed by atoms with Crippen LogP contribution in [0.25, 0.3) is 0 Å². The predicted octanol–water partition coefficient (Wildman–Crippen LogP) is 2.77. The van der Waals surface area contributed by atoms with E-state index >= 15 is 0 Å². The van der Waals surface area contributed by atoms with Crippen LogP contribution in [0.4, 0.5) is 0 Å². The number of hydrogen-bond acceptors (Lipinski definition) is 3. The van der Waals surface area contributed by atoms with Crippen molar-refractivity contribution in [2.75, 3.05) is 20.1 Å². The highest BCUT2D eigenvalue weighted by atomic mass is 32.2. The first-order chi connectivity index (χ1) is 9.59. The van der Waals surface area contributed by atoms with E-state index in [2.05, 4.69) is 5.32 Å². The summed E-state index contributed by atoms with van der Waals surface area (Å²) < 4.78 is 27.0. The molecule has 0 spiro atoms. The van der Waals surface area contributed by atoms with Crippen LogP contribution < -0.4 is 5.32 Å². The van der Waals surface area contributed by atoms with Gasteiger partial charge in [0.05, 0.1) is 4.90 Å². The molecule has 0 bridgehead atoms. The Kier molecular flexibility index (Phi) is 5.96. The van der Waals surface area contributed by atoms with E-state index in [0.717, 1.165) is 17.7 Å². The third-order valence-electron chi connectivity index (χ3n) is 3.35. The molecule has 0 unspecified atom stereocenters. The Labute approximate surface area is 129 Å². The minimum Gasteiger partial charge on any atom is -0.313 e. The maximum absolute atomic E-state index is 12.8. The molecule has 0 fully saturated rings. The van der Waals surface area contributed by atoms with Crippen LogP contribution in [0.3, 0.4) is 0 Å². The molecule has 5 heteroatoms. The average Bonchev–Trinajstić information content (AvgIpc) is 2.35. The van der Waals surface area contributed by atoms with Gasteiger partial charge in [0.1, 0.15) is 0 Å². The van der Waals surface area contributed by atoms with Crippen LogP contribution in [0.2, 0.25) is 0 Å². The first-order valence-electron chi connectivity index (χ1n) is 7.35. The fraction of sp³-hybridized carbons (Fsp3) is 0.625. The molecule has 0 aromatic heterocycles. The molecule has 0 aliphatic rings. The third-order valence-corrected chi connectivity index (χ3v) is 5.29. The maximum Gasteiger partial charge on any atom is 0.243 e. The van der Waals surface area contributed by atoms with Crippen LogP contribution in [0.1, 0.15) is 38.8 Å². The van der Waals surface area contributed by atoms with E-state index in [4.69, 9.17) is 0 Å². The van der Waals surface area contributed by atoms with Gasteiger partial charge in [-0.1, -0.05) is 39.8 Å². The summed E-state index contributed by atoms with van der Waals surface area (Å²) in [6, 6.07) is 5.48. The Morgan fingerprint density at radius 2 is 1.86 bits per heavy atom. The summed E-state index contributed by atoms with van der Waals surface area (Å²) in [5.74, 6) is 0. The second-order valence-corrected chi connectivity index (χ2v) is 8.66. The minimum absolute atomic E-state index is 0.0723. The number of rotatable bonds is 6. The zero-order valence-electron chi connectivity index (χ0n) is 14.0. The van der Waals surface area contributed by atoms with Gasteiger partial charge >= 0.3 is 0 Å². The van der Waals surface area contributed by atoms with E-state index in [0.29, 0.717) is 18.0 Å². The van der Waals surface area contributed by atoms with Crippen molar-refractivity contribution in [2.24, 2.45) is 5.41 Å². The maximum atomic E-state index is 12.8. The number of nitrogens with one attached hydrogen (secondary N) is 1. The molecule has 21 heavy (non-hydrogen) atoms. The zero-order chi connectivity index (χ0) is 16.3. The molecule has 0 aliphatic carbocycles. The average molecular weight is 312 g/mol. The molecule has 0 atom stereocenters. The summed E-state index contributed by atoms with van der Waals surface area (Å²) >= 11 is 0. The standard InChI is InChI=1S/C16H28N2O2S/c1-7-17-11-14-9-8-10-15(13(14)2)21(19,20)18(6)12-16(3,4)5/h8-10,17H,7,11-12H2,1-6H3. The van der Waals surface area contributed by atoms with E-state index < -0.39 is 10.0 Å². The van der Waals surface area contributed by atoms with E-state index in [1.165, 1.54) is 4.31 Å². The SMILES string of the molecule is CCNCc1cccc(S(=O)(=O)N(C)CC(C)(C)C)c1C. The molecule has 0 saturated heterocycles. The molecule has 1 rings (SSSR count). The first kappa shape index (κ1) is 18.1. The van der Waals surface area contributed by atoms with Crippen molar-refractivity contribution >= 4 is 10.0 Å². The smallest absolute Gasteiger partial charge is 0.243 e. The molecule has 4 nitrogen and oxygen atoms in total. The van der Waals surface area contributed by atoms with Crippen molar-refractivity contribution < 1.29 is 8.42 Å². The topological polar surface area (TPSA) is 49.4 Å². The van der Waals surface area contributed by atoms with Crippen LogP contribution in [0.15, 0.2) is 23.1 Å². The van der Waals surface area contributed by atoms with Gasteiger partial charge < -0.3 is 5.32 Å². The van der Waals surface area contributed by atoms with Crippen molar-refractivity contribution in [3.8, 4) is 0 Å². The van der Waals surface area contributed by atoms with Crippen molar-refractivity contribution in [3.63, 3.8) is 0 Å². The Morgan fingerprint density at radius 1 is 1.24 bits per heavy atom. The lowest BCUT2D eigenvalue weighted by Crippen LogP contribution is -2.35. The van der Waals surface area contributed by atoms with Gasteiger partial charge in [0, 0.05) is 20.1 Å². The lowest BCUT2D eigenvalue weighted by molar-refractivity contribution is 0.310. The summed E-state index contributed by atoms with van der Waals surface area (Å²) in [5.41, 5.74) is 1.79. The van der Waals surface area contributed by atoms with E-state index in [9.17, 15) is 8.42 Å². The molecule has 1 N–H and O–H groups in total. The van der Waals surface area contributed by atoms with Crippen molar-refractivity contribution in [3.05, 3.63) is 29.3 Å². The number of sulfonamides is 1. The quantitative estimate of drug-likeness (QED) is 0.879. The van der Waals surface area contributed by atoms with Gasteiger partial charge in [0.2, 0.25) is 10.0 Å². The summed E-state index contributed by atoms with van der Waals surface area (Å²) in [6.45, 7) is 12.1. The lowest BCUT2D eigenvalue weighted by atomic mass is 9.97. The van der Waals surface area contributed by atoms with Crippen molar-refractivity contribution in [1.82, 2.24) is 9.62 Å². The summed E-state index contributed by atoms with van der Waals surface area (Å²) in [6.07, 6.45) is 0. The number of nitrogens with zero attached hydrogens (tertiary/aromatic N) is 1. The molecule has 1 aromatic rings. The highest BCUT2D eigenvalue weighted by Gasteiger charge is 2.27. The molecular formula is C16H28N2O2S. The molecule has 0 saturated carbocycles. The van der Waals surface area contributed by atoms with E-state index in [1.54, 1.807) is 13.1 Å². The molecule has 0 amide bonds. The van der Waals surface area contributed by atoms with Crippen LogP contribution in [-0.2, 0) is 16.6 Å². The molecular weight excluding hydrogens is 284 g/mol. The zero-order valence-corrected chi connectivity index (χ0v) is 14.8. The van der Waals surface area contributed by atoms with Gasteiger partial charge in [-0.15, -0.1) is 0 Å². The normalized spacial score (nSPS) is 12.9. The first-order valence-corrected chi connectivity index (χ1v) is 8.79. The summed E-state index contributed by atoms with van der Waals surface area (Å²) in [7, 11) is -1.80. The molecule has 0 heterocycles. The largest absolute Gasteiger partial charge is 0.313 e. The van der Waals surface area contributed by atoms with Gasteiger partial charge in [-0.2, -0.15) is 0 Å². The second-order valence-electron chi connectivity index (χ2n) is 6.64. The Hall–Kier alpha value is -0.910. The van der Waals surface area contributed by atoms with Crippen LogP contribution >= 0.6 is 0 Å². The van der Waals surface area contributed by atoms with Gasteiger partial charge in [-0.3, -0.25) is 0 Å².